The van der Waals surface area contributed by atoms with Gasteiger partial charge in [0.15, 0.2) is 5.76 Å². The fourth-order valence-corrected chi connectivity index (χ4v) is 3.30. The van der Waals surface area contributed by atoms with Crippen LogP contribution in [0.3, 0.4) is 0 Å². The number of aromatic nitrogens is 1. The second-order valence-corrected chi connectivity index (χ2v) is 6.40. The first-order valence-corrected chi connectivity index (χ1v) is 8.68. The maximum absolute atomic E-state index is 12.5. The molecule has 1 aromatic carbocycles. The van der Waals surface area contributed by atoms with Gasteiger partial charge in [-0.3, -0.25) is 9.78 Å². The van der Waals surface area contributed by atoms with Crippen molar-refractivity contribution in [3.05, 3.63) is 77.2 Å². The molecule has 4 heteroatoms. The number of carbonyl (C=O) groups is 1. The maximum atomic E-state index is 12.5. The van der Waals surface area contributed by atoms with Gasteiger partial charge in [-0.25, -0.2) is 0 Å². The van der Waals surface area contributed by atoms with E-state index in [1.165, 1.54) is 24.0 Å². The molecule has 4 rings (SSSR count). The van der Waals surface area contributed by atoms with Crippen LogP contribution in [0, 0.1) is 0 Å². The Kier molecular flexibility index (Phi) is 4.34. The van der Waals surface area contributed by atoms with Crippen molar-refractivity contribution in [3.63, 3.8) is 0 Å². The zero-order valence-electron chi connectivity index (χ0n) is 14.0. The van der Waals surface area contributed by atoms with Gasteiger partial charge in [-0.1, -0.05) is 6.07 Å². The summed E-state index contributed by atoms with van der Waals surface area (Å²) in [6.07, 6.45) is 8.03. The molecule has 2 aromatic heterocycles. The Morgan fingerprint density at radius 2 is 1.96 bits per heavy atom. The third-order valence-electron chi connectivity index (χ3n) is 4.66. The molecule has 0 atom stereocenters. The summed E-state index contributed by atoms with van der Waals surface area (Å²) in [4.78, 5) is 16.8. The molecule has 2 heterocycles. The highest BCUT2D eigenvalue weighted by Gasteiger charge is 2.13. The van der Waals surface area contributed by atoms with Crippen LogP contribution in [0.15, 0.2) is 59.3 Å². The van der Waals surface area contributed by atoms with Crippen LogP contribution in [0.2, 0.25) is 0 Å². The van der Waals surface area contributed by atoms with Crippen LogP contribution < -0.4 is 5.32 Å². The van der Waals surface area contributed by atoms with Crippen LogP contribution >= 0.6 is 0 Å². The van der Waals surface area contributed by atoms with Crippen molar-refractivity contribution in [3.8, 4) is 11.5 Å². The number of nitrogens with one attached hydrogen (secondary N) is 1. The van der Waals surface area contributed by atoms with Gasteiger partial charge in [0.2, 0.25) is 0 Å². The van der Waals surface area contributed by atoms with E-state index < -0.39 is 0 Å². The molecule has 0 bridgehead atoms. The molecule has 1 aliphatic rings. The Bertz CT molecular complexity index is 885. The summed E-state index contributed by atoms with van der Waals surface area (Å²) in [6.45, 7) is 0.464. The Morgan fingerprint density at radius 1 is 1.08 bits per heavy atom. The van der Waals surface area contributed by atoms with Crippen LogP contribution in [-0.4, -0.2) is 10.9 Å². The number of pyridine rings is 1. The van der Waals surface area contributed by atoms with Crippen LogP contribution in [0.1, 0.15) is 39.9 Å². The van der Waals surface area contributed by atoms with Crippen molar-refractivity contribution >= 4 is 5.91 Å². The van der Waals surface area contributed by atoms with Gasteiger partial charge in [0.05, 0.1) is 6.26 Å². The maximum Gasteiger partial charge on any atom is 0.251 e. The highest BCUT2D eigenvalue weighted by Crippen LogP contribution is 2.22. The Balaban J connectivity index is 1.44. The van der Waals surface area contributed by atoms with Crippen molar-refractivity contribution in [2.75, 3.05) is 0 Å². The van der Waals surface area contributed by atoms with Gasteiger partial charge in [0.25, 0.3) is 5.91 Å². The van der Waals surface area contributed by atoms with Gasteiger partial charge in [-0.2, -0.15) is 0 Å². The van der Waals surface area contributed by atoms with E-state index >= 15 is 0 Å². The summed E-state index contributed by atoms with van der Waals surface area (Å²) >= 11 is 0. The van der Waals surface area contributed by atoms with E-state index in [-0.39, 0.29) is 5.91 Å². The average Bonchev–Trinajstić information content (AvgIpc) is 3.21. The third-order valence-corrected chi connectivity index (χ3v) is 4.66. The molecule has 0 saturated heterocycles. The molecule has 1 aliphatic carbocycles. The lowest BCUT2D eigenvalue weighted by Crippen LogP contribution is -2.23. The van der Waals surface area contributed by atoms with E-state index in [0.29, 0.717) is 6.54 Å². The number of hydrogen-bond donors (Lipinski definition) is 1. The first-order chi connectivity index (χ1) is 12.3. The fraction of sp³-hybridized carbons (Fsp3) is 0.238. The zero-order valence-corrected chi connectivity index (χ0v) is 14.0. The van der Waals surface area contributed by atoms with Gasteiger partial charge in [0.1, 0.15) is 5.69 Å². The van der Waals surface area contributed by atoms with Gasteiger partial charge < -0.3 is 9.73 Å². The van der Waals surface area contributed by atoms with Gasteiger partial charge in [-0.15, -0.1) is 0 Å². The summed E-state index contributed by atoms with van der Waals surface area (Å²) in [6, 6.07) is 13.6. The minimum Gasteiger partial charge on any atom is -0.463 e. The van der Waals surface area contributed by atoms with Crippen LogP contribution in [-0.2, 0) is 19.4 Å². The van der Waals surface area contributed by atoms with Crippen LogP contribution in [0.4, 0.5) is 0 Å². The van der Waals surface area contributed by atoms with Crippen molar-refractivity contribution in [1.82, 2.24) is 10.3 Å². The van der Waals surface area contributed by atoms with E-state index in [4.69, 9.17) is 4.42 Å². The molecule has 0 aliphatic heterocycles. The van der Waals surface area contributed by atoms with E-state index in [0.717, 1.165) is 35.4 Å². The normalized spacial score (nSPS) is 13.3. The van der Waals surface area contributed by atoms with Crippen molar-refractivity contribution in [2.45, 2.75) is 32.2 Å². The first-order valence-electron chi connectivity index (χ1n) is 8.68. The number of benzene rings is 1. The van der Waals surface area contributed by atoms with Crippen molar-refractivity contribution in [2.24, 2.45) is 0 Å². The first kappa shape index (κ1) is 15.6. The lowest BCUT2D eigenvalue weighted by molar-refractivity contribution is 0.0950. The number of furan rings is 1. The summed E-state index contributed by atoms with van der Waals surface area (Å²) in [7, 11) is 0. The SMILES string of the molecule is O=C(NCc1ccnc(-c2ccco2)c1)c1ccc2c(c1)CCCC2. The van der Waals surface area contributed by atoms with E-state index in [9.17, 15) is 4.79 Å². The lowest BCUT2D eigenvalue weighted by Gasteiger charge is -2.16. The zero-order chi connectivity index (χ0) is 17.1. The second kappa shape index (κ2) is 6.93. The molecule has 1 amide bonds. The number of fused-ring (bicyclic) bond motifs is 1. The van der Waals surface area contributed by atoms with Crippen LogP contribution in [0.25, 0.3) is 11.5 Å². The van der Waals surface area contributed by atoms with Crippen molar-refractivity contribution in [1.29, 1.82) is 0 Å². The van der Waals surface area contributed by atoms with E-state index in [1.807, 2.05) is 36.4 Å². The molecule has 126 valence electrons. The Hall–Kier alpha value is -2.88. The molecular weight excluding hydrogens is 312 g/mol. The molecule has 0 unspecified atom stereocenters. The predicted molar refractivity (Wildman–Crippen MR) is 96.2 cm³/mol. The monoisotopic (exact) mass is 332 g/mol. The topological polar surface area (TPSA) is 55.1 Å². The van der Waals surface area contributed by atoms with E-state index in [2.05, 4.69) is 16.4 Å². The Morgan fingerprint density at radius 3 is 2.80 bits per heavy atom. The lowest BCUT2D eigenvalue weighted by atomic mass is 9.90. The number of hydrogen-bond acceptors (Lipinski definition) is 3. The van der Waals surface area contributed by atoms with Crippen LogP contribution in [0.5, 0.6) is 0 Å². The molecule has 4 nitrogen and oxygen atoms in total. The average molecular weight is 332 g/mol. The highest BCUT2D eigenvalue weighted by atomic mass is 16.3. The number of amides is 1. The number of carbonyl (C=O) groups excluding carboxylic acids is 1. The van der Waals surface area contributed by atoms with E-state index in [1.54, 1.807) is 12.5 Å². The van der Waals surface area contributed by atoms with Gasteiger partial charge in [0, 0.05) is 18.3 Å². The summed E-state index contributed by atoms with van der Waals surface area (Å²) < 4.78 is 5.37. The Labute approximate surface area is 146 Å². The largest absolute Gasteiger partial charge is 0.463 e. The minimum absolute atomic E-state index is 0.0373. The molecular formula is C21H20N2O2. The molecule has 0 fully saturated rings. The molecule has 0 spiro atoms. The molecule has 25 heavy (non-hydrogen) atoms. The quantitative estimate of drug-likeness (QED) is 0.781. The van der Waals surface area contributed by atoms with Gasteiger partial charge in [-0.05, 0) is 78.8 Å². The highest BCUT2D eigenvalue weighted by molar-refractivity contribution is 5.94. The standard InChI is InChI=1S/C21H20N2O2/c24-21(18-8-7-16-4-1-2-5-17(16)13-18)23-14-15-9-10-22-19(12-15)20-6-3-11-25-20/h3,6-13H,1-2,4-5,14H2,(H,23,24). The molecule has 1 N–H and O–H groups in total. The summed E-state index contributed by atoms with van der Waals surface area (Å²) in [5, 5.41) is 3.00. The number of nitrogens with zero attached hydrogens (tertiary/aromatic N) is 1. The fourth-order valence-electron chi connectivity index (χ4n) is 3.30. The summed E-state index contributed by atoms with van der Waals surface area (Å²) in [5.41, 5.74) is 5.21. The minimum atomic E-state index is -0.0373. The van der Waals surface area contributed by atoms with Crippen molar-refractivity contribution < 1.29 is 9.21 Å². The predicted octanol–water partition coefficient (Wildman–Crippen LogP) is 4.15. The molecule has 0 radical (unpaired) electrons. The van der Waals surface area contributed by atoms with Gasteiger partial charge >= 0.3 is 0 Å². The number of rotatable bonds is 4. The second-order valence-electron chi connectivity index (χ2n) is 6.40. The summed E-state index contributed by atoms with van der Waals surface area (Å²) in [5.74, 6) is 0.688. The molecule has 3 aromatic rings. The smallest absolute Gasteiger partial charge is 0.251 e. The third kappa shape index (κ3) is 3.48. The molecule has 0 saturated carbocycles. The number of aryl methyl sites for hydroxylation is 2.